The topological polar surface area (TPSA) is 0 Å². The number of hydrogen-bond donors (Lipinski definition) is 0. The number of rotatable bonds is 6. The van der Waals surface area contributed by atoms with Crippen molar-refractivity contribution >= 4 is 7.28 Å². The third kappa shape index (κ3) is 6.76. The second kappa shape index (κ2) is 6.57. The molecule has 0 aliphatic carbocycles. The van der Waals surface area contributed by atoms with Crippen molar-refractivity contribution in [2.75, 3.05) is 0 Å². The van der Waals surface area contributed by atoms with Crippen LogP contribution in [0.25, 0.3) is 0 Å². The Morgan fingerprint density at radius 3 is 2.00 bits per heavy atom. The van der Waals surface area contributed by atoms with Crippen LogP contribution in [0.2, 0.25) is 11.6 Å². The maximum absolute atomic E-state index is 2.52. The van der Waals surface area contributed by atoms with E-state index in [9.17, 15) is 0 Å². The van der Waals surface area contributed by atoms with Crippen LogP contribution >= 0.6 is 0 Å². The average Bonchev–Trinajstić information content (AvgIpc) is 1.84. The highest BCUT2D eigenvalue weighted by atomic mass is 14.1. The lowest BCUT2D eigenvalue weighted by molar-refractivity contribution is 0.528. The molecule has 0 heterocycles. The van der Waals surface area contributed by atoms with E-state index in [1.807, 2.05) is 0 Å². The van der Waals surface area contributed by atoms with Gasteiger partial charge in [0.1, 0.15) is 7.28 Å². The summed E-state index contributed by atoms with van der Waals surface area (Å²) in [6, 6.07) is 0. The lowest BCUT2D eigenvalue weighted by Crippen LogP contribution is -2.09. The third-order valence-electron chi connectivity index (χ3n) is 2.09. The van der Waals surface area contributed by atoms with Gasteiger partial charge in [-0.05, 0) is 5.92 Å². The molecule has 1 radical (unpaired) electrons. The molecule has 12 heavy (non-hydrogen) atoms. The predicted molar refractivity (Wildman–Crippen MR) is 59.0 cm³/mol. The zero-order valence-electron chi connectivity index (χ0n) is 9.43. The summed E-state index contributed by atoms with van der Waals surface area (Å²) in [5.41, 5.74) is 0. The molecule has 1 heteroatoms. The molecule has 0 aromatic heterocycles. The molecule has 1 unspecified atom stereocenters. The van der Waals surface area contributed by atoms with Gasteiger partial charge in [-0.1, -0.05) is 65.5 Å². The highest BCUT2D eigenvalue weighted by Gasteiger charge is 2.12. The lowest BCUT2D eigenvalue weighted by atomic mass is 9.53. The Morgan fingerprint density at radius 1 is 1.08 bits per heavy atom. The van der Waals surface area contributed by atoms with Crippen molar-refractivity contribution in [2.45, 2.75) is 65.5 Å². The maximum atomic E-state index is 2.52. The molecule has 0 aliphatic heterocycles. The summed E-state index contributed by atoms with van der Waals surface area (Å²) >= 11 is 0. The van der Waals surface area contributed by atoms with Crippen molar-refractivity contribution < 1.29 is 0 Å². The first kappa shape index (κ1) is 12.1. The Bertz CT molecular complexity index is 87.2. The summed E-state index contributed by atoms with van der Waals surface area (Å²) in [4.78, 5) is 0. The first-order valence-corrected chi connectivity index (χ1v) is 5.41. The van der Waals surface area contributed by atoms with E-state index in [1.54, 1.807) is 0 Å². The summed E-state index contributed by atoms with van der Waals surface area (Å²) in [5, 5.41) is 0. The molecule has 0 aromatic carbocycles. The maximum Gasteiger partial charge on any atom is 0.117 e. The molecule has 0 bridgehead atoms. The minimum Gasteiger partial charge on any atom is -0.0741 e. The van der Waals surface area contributed by atoms with Gasteiger partial charge in [-0.25, -0.2) is 0 Å². The molecule has 0 spiro atoms. The van der Waals surface area contributed by atoms with Crippen LogP contribution in [-0.2, 0) is 0 Å². The SMILES string of the molecule is CCCC([B]C(C)C)CC(C)C. The van der Waals surface area contributed by atoms with Gasteiger partial charge in [0.05, 0.1) is 0 Å². The van der Waals surface area contributed by atoms with Crippen LogP contribution in [0.15, 0.2) is 0 Å². The van der Waals surface area contributed by atoms with E-state index in [4.69, 9.17) is 0 Å². The molecule has 0 N–H and O–H groups in total. The molecule has 0 saturated heterocycles. The fourth-order valence-corrected chi connectivity index (χ4v) is 1.81. The van der Waals surface area contributed by atoms with Gasteiger partial charge in [0.25, 0.3) is 0 Å². The van der Waals surface area contributed by atoms with Crippen LogP contribution in [0, 0.1) is 5.92 Å². The minimum absolute atomic E-state index is 0.750. The molecule has 71 valence electrons. The van der Waals surface area contributed by atoms with Crippen LogP contribution in [-0.4, -0.2) is 7.28 Å². The van der Waals surface area contributed by atoms with Crippen molar-refractivity contribution in [2.24, 2.45) is 5.92 Å². The molecule has 0 aliphatic rings. The standard InChI is InChI=1S/C11H24B/c1-6-7-11(8-9(2)3)12-10(4)5/h9-11H,6-8H2,1-5H3. The van der Waals surface area contributed by atoms with E-state index in [0.717, 1.165) is 17.6 Å². The van der Waals surface area contributed by atoms with Crippen LogP contribution in [0.1, 0.15) is 53.9 Å². The van der Waals surface area contributed by atoms with Crippen LogP contribution in [0.3, 0.4) is 0 Å². The van der Waals surface area contributed by atoms with Gasteiger partial charge in [0, 0.05) is 0 Å². The Balaban J connectivity index is 3.69. The first-order chi connectivity index (χ1) is 5.56. The van der Waals surface area contributed by atoms with Crippen molar-refractivity contribution in [1.29, 1.82) is 0 Å². The van der Waals surface area contributed by atoms with Crippen molar-refractivity contribution in [3.05, 3.63) is 0 Å². The summed E-state index contributed by atoms with van der Waals surface area (Å²) in [5.74, 6) is 2.45. The van der Waals surface area contributed by atoms with Gasteiger partial charge in [0.15, 0.2) is 0 Å². The second-order valence-electron chi connectivity index (χ2n) is 4.61. The van der Waals surface area contributed by atoms with E-state index >= 15 is 0 Å². The van der Waals surface area contributed by atoms with E-state index < -0.39 is 0 Å². The first-order valence-electron chi connectivity index (χ1n) is 5.41. The third-order valence-corrected chi connectivity index (χ3v) is 2.09. The minimum atomic E-state index is 0.750. The second-order valence-corrected chi connectivity index (χ2v) is 4.61. The molecule has 0 nitrogen and oxygen atoms in total. The zero-order chi connectivity index (χ0) is 9.56. The van der Waals surface area contributed by atoms with Gasteiger partial charge in [-0.2, -0.15) is 0 Å². The molecule has 0 fully saturated rings. The van der Waals surface area contributed by atoms with E-state index in [0.29, 0.717) is 0 Å². The van der Waals surface area contributed by atoms with Gasteiger partial charge < -0.3 is 0 Å². The normalized spacial score (nSPS) is 13.9. The summed E-state index contributed by atoms with van der Waals surface area (Å²) in [6.45, 7) is 11.5. The molecular formula is C11H24B. The summed E-state index contributed by atoms with van der Waals surface area (Å²) in [6.07, 6.45) is 4.06. The van der Waals surface area contributed by atoms with Crippen molar-refractivity contribution in [3.63, 3.8) is 0 Å². The fourth-order valence-electron chi connectivity index (χ4n) is 1.81. The smallest absolute Gasteiger partial charge is 0.0741 e. The lowest BCUT2D eigenvalue weighted by Gasteiger charge is -2.19. The fraction of sp³-hybridized carbons (Fsp3) is 1.00. The van der Waals surface area contributed by atoms with E-state index in [2.05, 4.69) is 41.9 Å². The van der Waals surface area contributed by atoms with Crippen LogP contribution in [0.4, 0.5) is 0 Å². The molecule has 0 rings (SSSR count). The summed E-state index contributed by atoms with van der Waals surface area (Å²) in [7, 11) is 2.52. The van der Waals surface area contributed by atoms with Crippen LogP contribution < -0.4 is 0 Å². The molecule has 0 aromatic rings. The molecular weight excluding hydrogens is 143 g/mol. The zero-order valence-corrected chi connectivity index (χ0v) is 9.43. The Hall–Kier alpha value is 0.0649. The van der Waals surface area contributed by atoms with Gasteiger partial charge in [-0.15, -0.1) is 0 Å². The predicted octanol–water partition coefficient (Wildman–Crippen LogP) is 4.15. The van der Waals surface area contributed by atoms with Gasteiger partial charge in [-0.3, -0.25) is 0 Å². The van der Waals surface area contributed by atoms with E-state index in [-0.39, 0.29) is 0 Å². The summed E-state index contributed by atoms with van der Waals surface area (Å²) < 4.78 is 0. The highest BCUT2D eigenvalue weighted by molar-refractivity contribution is 6.39. The van der Waals surface area contributed by atoms with Gasteiger partial charge in [0.2, 0.25) is 0 Å². The Labute approximate surface area is 79.4 Å². The largest absolute Gasteiger partial charge is 0.117 e. The van der Waals surface area contributed by atoms with Gasteiger partial charge >= 0.3 is 0 Å². The molecule has 0 saturated carbocycles. The monoisotopic (exact) mass is 167 g/mol. The van der Waals surface area contributed by atoms with E-state index in [1.165, 1.54) is 19.3 Å². The average molecular weight is 167 g/mol. The Kier molecular flexibility index (Phi) is 6.60. The Morgan fingerprint density at radius 2 is 1.67 bits per heavy atom. The molecule has 0 amide bonds. The quantitative estimate of drug-likeness (QED) is 0.521. The number of hydrogen-bond acceptors (Lipinski definition) is 0. The molecule has 1 atom stereocenters. The van der Waals surface area contributed by atoms with Crippen molar-refractivity contribution in [1.82, 2.24) is 0 Å². The highest BCUT2D eigenvalue weighted by Crippen LogP contribution is 2.25. The van der Waals surface area contributed by atoms with Crippen LogP contribution in [0.5, 0.6) is 0 Å². The van der Waals surface area contributed by atoms with Crippen molar-refractivity contribution in [3.8, 4) is 0 Å².